The summed E-state index contributed by atoms with van der Waals surface area (Å²) in [5.74, 6) is -0.509. The molecule has 3 rings (SSSR count). The van der Waals surface area contributed by atoms with Gasteiger partial charge >= 0.3 is 10.1 Å². The summed E-state index contributed by atoms with van der Waals surface area (Å²) in [6.07, 6.45) is 3.19. The summed E-state index contributed by atoms with van der Waals surface area (Å²) in [5.41, 5.74) is 0.384. The van der Waals surface area contributed by atoms with Crippen LogP contribution in [0.3, 0.4) is 0 Å². The van der Waals surface area contributed by atoms with Crippen molar-refractivity contribution in [2.75, 3.05) is 11.6 Å². The molecule has 1 heterocycles. The maximum absolute atomic E-state index is 12.3. The summed E-state index contributed by atoms with van der Waals surface area (Å²) in [4.78, 5) is 16.4. The van der Waals surface area contributed by atoms with Gasteiger partial charge in [-0.3, -0.25) is 10.1 Å². The van der Waals surface area contributed by atoms with Crippen LogP contribution in [0.4, 0.5) is 5.13 Å². The Morgan fingerprint density at radius 1 is 1.20 bits per heavy atom. The first-order chi connectivity index (χ1) is 14.4. The second-order valence-electron chi connectivity index (χ2n) is 5.63. The fraction of sp³-hybridized carbons (Fsp3) is 0.0526. The standard InChI is InChI=1S/C19H14N4O4S3/c1-28-19-22-18(29-23-19)21-17(24)14(12-20)11-13-7-9-15(10-8-13)27-30(25,26)16-5-3-2-4-6-16/h2-11H,1H3,(H,21,22,23,24)/b14-11-. The van der Waals surface area contributed by atoms with Crippen molar-refractivity contribution >= 4 is 50.5 Å². The van der Waals surface area contributed by atoms with E-state index in [1.54, 1.807) is 18.2 Å². The van der Waals surface area contributed by atoms with Gasteiger partial charge in [0.05, 0.1) is 0 Å². The van der Waals surface area contributed by atoms with Crippen LogP contribution >= 0.6 is 23.3 Å². The number of thioether (sulfide) groups is 1. The van der Waals surface area contributed by atoms with Crippen LogP contribution in [0.25, 0.3) is 6.08 Å². The molecule has 3 aromatic rings. The molecule has 30 heavy (non-hydrogen) atoms. The predicted molar refractivity (Wildman–Crippen MR) is 115 cm³/mol. The van der Waals surface area contributed by atoms with Gasteiger partial charge in [0.1, 0.15) is 22.3 Å². The third-order valence-corrected chi connectivity index (χ3v) is 6.16. The highest BCUT2D eigenvalue weighted by Crippen LogP contribution is 2.21. The molecule has 0 aliphatic rings. The summed E-state index contributed by atoms with van der Waals surface area (Å²) in [6, 6.07) is 15.6. The third-order valence-electron chi connectivity index (χ3n) is 3.60. The molecule has 0 radical (unpaired) electrons. The van der Waals surface area contributed by atoms with Crippen molar-refractivity contribution < 1.29 is 17.4 Å². The van der Waals surface area contributed by atoms with E-state index in [9.17, 15) is 18.5 Å². The van der Waals surface area contributed by atoms with E-state index in [0.717, 1.165) is 11.5 Å². The van der Waals surface area contributed by atoms with Gasteiger partial charge in [0, 0.05) is 11.5 Å². The predicted octanol–water partition coefficient (Wildman–Crippen LogP) is 3.57. The molecule has 11 heteroatoms. The molecule has 2 aromatic carbocycles. The first-order valence-corrected chi connectivity index (χ1v) is 11.7. The fourth-order valence-electron chi connectivity index (χ4n) is 2.20. The molecule has 8 nitrogen and oxygen atoms in total. The lowest BCUT2D eigenvalue weighted by atomic mass is 10.1. The number of aromatic nitrogens is 2. The van der Waals surface area contributed by atoms with E-state index in [1.165, 1.54) is 54.2 Å². The van der Waals surface area contributed by atoms with Gasteiger partial charge in [-0.1, -0.05) is 42.1 Å². The molecule has 1 amide bonds. The number of rotatable bonds is 7. The minimum absolute atomic E-state index is 0.0405. The van der Waals surface area contributed by atoms with Crippen molar-refractivity contribution in [3.8, 4) is 11.8 Å². The molecule has 0 unspecified atom stereocenters. The van der Waals surface area contributed by atoms with E-state index in [2.05, 4.69) is 14.7 Å². The Labute approximate surface area is 181 Å². The normalized spacial score (nSPS) is 11.5. The Balaban J connectivity index is 1.72. The van der Waals surface area contributed by atoms with Gasteiger partial charge in [-0.05, 0) is 42.2 Å². The topological polar surface area (TPSA) is 122 Å². The number of carbonyl (C=O) groups is 1. The number of carbonyl (C=O) groups excluding carboxylic acids is 1. The molecule has 0 spiro atoms. The Morgan fingerprint density at radius 2 is 1.90 bits per heavy atom. The van der Waals surface area contributed by atoms with Crippen LogP contribution in [0.15, 0.2) is 70.2 Å². The van der Waals surface area contributed by atoms with Crippen molar-refractivity contribution in [1.82, 2.24) is 9.36 Å². The van der Waals surface area contributed by atoms with Crippen molar-refractivity contribution in [3.05, 3.63) is 65.7 Å². The van der Waals surface area contributed by atoms with Crippen LogP contribution in [0, 0.1) is 11.3 Å². The Bertz CT molecular complexity index is 1210. The molecule has 0 bridgehead atoms. The number of nitriles is 1. The number of nitrogens with one attached hydrogen (secondary N) is 1. The van der Waals surface area contributed by atoms with E-state index in [4.69, 9.17) is 4.18 Å². The molecular formula is C19H14N4O4S3. The van der Waals surface area contributed by atoms with Crippen LogP contribution in [-0.2, 0) is 14.9 Å². The third kappa shape index (κ3) is 5.44. The zero-order valence-electron chi connectivity index (χ0n) is 15.5. The molecule has 0 atom stereocenters. The lowest BCUT2D eigenvalue weighted by Crippen LogP contribution is -2.13. The SMILES string of the molecule is CSc1nsc(NC(=O)/C(C#N)=C\c2ccc(OS(=O)(=O)c3ccccc3)cc2)n1. The number of nitrogens with zero attached hydrogens (tertiary/aromatic N) is 3. The summed E-state index contributed by atoms with van der Waals surface area (Å²) < 4.78 is 33.6. The molecule has 0 aliphatic heterocycles. The van der Waals surface area contributed by atoms with E-state index in [0.29, 0.717) is 15.9 Å². The van der Waals surface area contributed by atoms with Gasteiger partial charge in [0.15, 0.2) is 0 Å². The summed E-state index contributed by atoms with van der Waals surface area (Å²) in [7, 11) is -3.95. The number of amides is 1. The van der Waals surface area contributed by atoms with Gasteiger partial charge in [-0.25, -0.2) is 0 Å². The lowest BCUT2D eigenvalue weighted by molar-refractivity contribution is -0.112. The summed E-state index contributed by atoms with van der Waals surface area (Å²) >= 11 is 2.36. The monoisotopic (exact) mass is 458 g/mol. The van der Waals surface area contributed by atoms with E-state index >= 15 is 0 Å². The van der Waals surface area contributed by atoms with Gasteiger partial charge in [0.25, 0.3) is 5.91 Å². The van der Waals surface area contributed by atoms with Gasteiger partial charge in [0.2, 0.25) is 10.3 Å². The van der Waals surface area contributed by atoms with Crippen LogP contribution in [0.5, 0.6) is 5.75 Å². The fourth-order valence-corrected chi connectivity index (χ4v) is 4.28. The van der Waals surface area contributed by atoms with Crippen LogP contribution in [0.1, 0.15) is 5.56 Å². The van der Waals surface area contributed by atoms with Crippen molar-refractivity contribution in [2.24, 2.45) is 0 Å². The van der Waals surface area contributed by atoms with E-state index in [-0.39, 0.29) is 16.2 Å². The quantitative estimate of drug-likeness (QED) is 0.247. The Morgan fingerprint density at radius 3 is 2.50 bits per heavy atom. The second kappa shape index (κ2) is 9.53. The van der Waals surface area contributed by atoms with Crippen LogP contribution in [-0.4, -0.2) is 29.9 Å². The minimum Gasteiger partial charge on any atom is -0.379 e. The highest BCUT2D eigenvalue weighted by atomic mass is 32.2. The smallest absolute Gasteiger partial charge is 0.339 e. The molecule has 0 fully saturated rings. The van der Waals surface area contributed by atoms with E-state index in [1.807, 2.05) is 12.3 Å². The number of hydrogen-bond acceptors (Lipinski definition) is 9. The van der Waals surface area contributed by atoms with Gasteiger partial charge in [-0.2, -0.15) is 23.0 Å². The van der Waals surface area contributed by atoms with Crippen LogP contribution in [0.2, 0.25) is 0 Å². The average Bonchev–Trinajstić information content (AvgIpc) is 3.21. The number of anilines is 1. The lowest BCUT2D eigenvalue weighted by Gasteiger charge is -2.07. The van der Waals surface area contributed by atoms with Crippen molar-refractivity contribution in [2.45, 2.75) is 10.1 Å². The highest BCUT2D eigenvalue weighted by molar-refractivity contribution is 7.98. The zero-order valence-corrected chi connectivity index (χ0v) is 17.9. The second-order valence-corrected chi connectivity index (χ2v) is 8.70. The van der Waals surface area contributed by atoms with Gasteiger partial charge in [-0.15, -0.1) is 0 Å². The summed E-state index contributed by atoms with van der Waals surface area (Å²) in [6.45, 7) is 0. The molecule has 152 valence electrons. The largest absolute Gasteiger partial charge is 0.379 e. The Kier molecular flexibility index (Phi) is 6.83. The van der Waals surface area contributed by atoms with Crippen molar-refractivity contribution in [3.63, 3.8) is 0 Å². The summed E-state index contributed by atoms with van der Waals surface area (Å²) in [5, 5.41) is 12.6. The molecular weight excluding hydrogens is 444 g/mol. The molecule has 1 aromatic heterocycles. The van der Waals surface area contributed by atoms with Crippen LogP contribution < -0.4 is 9.50 Å². The molecule has 0 saturated carbocycles. The minimum atomic E-state index is -3.95. The maximum atomic E-state index is 12.3. The van der Waals surface area contributed by atoms with Crippen molar-refractivity contribution in [1.29, 1.82) is 5.26 Å². The van der Waals surface area contributed by atoms with Gasteiger partial charge < -0.3 is 4.18 Å². The highest BCUT2D eigenvalue weighted by Gasteiger charge is 2.16. The molecule has 0 aliphatic carbocycles. The zero-order chi connectivity index (χ0) is 21.6. The first-order valence-electron chi connectivity index (χ1n) is 8.32. The number of benzene rings is 2. The average molecular weight is 459 g/mol. The first kappa shape index (κ1) is 21.5. The molecule has 1 N–H and O–H groups in total. The maximum Gasteiger partial charge on any atom is 0.339 e. The number of hydrogen-bond donors (Lipinski definition) is 1. The van der Waals surface area contributed by atoms with E-state index < -0.39 is 16.0 Å². The Hall–Kier alpha value is -3.20. The molecule has 0 saturated heterocycles.